The monoisotopic (exact) mass is 343 g/mol. The summed E-state index contributed by atoms with van der Waals surface area (Å²) in [7, 11) is 1.64. The molecule has 3 rings (SSSR count). The average molecular weight is 343 g/mol. The Balaban J connectivity index is 1.68. The molecule has 5 heteroatoms. The fraction of sp³-hybridized carbons (Fsp3) is 0.316. The van der Waals surface area contributed by atoms with Crippen molar-refractivity contribution in [2.24, 2.45) is 0 Å². The number of ether oxygens (including phenoxy) is 1. The smallest absolute Gasteiger partial charge is 0.244 e. The number of methoxy groups -OCH3 is 1. The van der Waals surface area contributed by atoms with E-state index in [1.807, 2.05) is 35.0 Å². The Morgan fingerprint density at radius 1 is 1.46 bits per heavy atom. The minimum absolute atomic E-state index is 0.199. The number of aliphatic hydroxyl groups is 1. The molecule has 1 unspecified atom stereocenters. The van der Waals surface area contributed by atoms with Gasteiger partial charge in [0, 0.05) is 6.08 Å². The number of carbonyl (C=O) groups excluding carboxylic acids is 1. The lowest BCUT2D eigenvalue weighted by Gasteiger charge is -2.34. The van der Waals surface area contributed by atoms with Gasteiger partial charge in [-0.3, -0.25) is 4.79 Å². The van der Waals surface area contributed by atoms with Gasteiger partial charge in [-0.15, -0.1) is 0 Å². The van der Waals surface area contributed by atoms with Crippen LogP contribution in [0.25, 0.3) is 6.08 Å². The molecule has 0 radical (unpaired) electrons. The summed E-state index contributed by atoms with van der Waals surface area (Å²) < 4.78 is 5.25. The van der Waals surface area contributed by atoms with Gasteiger partial charge in [0.15, 0.2) is 0 Å². The molecule has 2 N–H and O–H groups in total. The molecule has 24 heavy (non-hydrogen) atoms. The van der Waals surface area contributed by atoms with Gasteiger partial charge >= 0.3 is 0 Å². The van der Waals surface area contributed by atoms with Crippen LogP contribution in [0.4, 0.5) is 0 Å². The molecular weight excluding hydrogens is 322 g/mol. The minimum Gasteiger partial charge on any atom is -0.497 e. The third-order valence-corrected chi connectivity index (χ3v) is 5.08. The molecule has 0 bridgehead atoms. The summed E-state index contributed by atoms with van der Waals surface area (Å²) in [6.45, 7) is 0.207. The van der Waals surface area contributed by atoms with E-state index in [1.165, 1.54) is 6.08 Å². The van der Waals surface area contributed by atoms with E-state index < -0.39 is 5.60 Å². The standard InChI is InChI=1S/C19H21NO3S/c1-23-16-5-6-17-15(11-16)3-2-9-19(17,22)13-20-18(21)7-4-14-8-10-24-12-14/h4-8,10-12,22H,2-3,9,13H2,1H3,(H,20,21). The van der Waals surface area contributed by atoms with Crippen LogP contribution >= 0.6 is 11.3 Å². The first kappa shape index (κ1) is 16.7. The van der Waals surface area contributed by atoms with Gasteiger partial charge in [0.05, 0.1) is 13.7 Å². The van der Waals surface area contributed by atoms with E-state index in [9.17, 15) is 9.90 Å². The van der Waals surface area contributed by atoms with Crippen LogP contribution in [0.3, 0.4) is 0 Å². The summed E-state index contributed by atoms with van der Waals surface area (Å²) in [6.07, 6.45) is 5.72. The lowest BCUT2D eigenvalue weighted by Crippen LogP contribution is -2.42. The first-order chi connectivity index (χ1) is 11.6. The molecule has 1 aromatic heterocycles. The van der Waals surface area contributed by atoms with E-state index >= 15 is 0 Å². The van der Waals surface area contributed by atoms with Crippen LogP contribution in [0.2, 0.25) is 0 Å². The normalized spacial score (nSPS) is 19.9. The number of benzene rings is 1. The van der Waals surface area contributed by atoms with Crippen molar-refractivity contribution in [2.45, 2.75) is 24.9 Å². The number of hydrogen-bond acceptors (Lipinski definition) is 4. The van der Waals surface area contributed by atoms with Gasteiger partial charge in [-0.25, -0.2) is 0 Å². The Morgan fingerprint density at radius 2 is 2.33 bits per heavy atom. The summed E-state index contributed by atoms with van der Waals surface area (Å²) in [5.41, 5.74) is 1.96. The van der Waals surface area contributed by atoms with E-state index in [2.05, 4.69) is 5.32 Å². The maximum atomic E-state index is 12.0. The second-order valence-corrected chi connectivity index (χ2v) is 6.80. The molecule has 1 aliphatic rings. The van der Waals surface area contributed by atoms with Gasteiger partial charge in [-0.1, -0.05) is 6.07 Å². The molecule has 1 aromatic carbocycles. The second kappa shape index (κ2) is 7.20. The number of nitrogens with one attached hydrogen (secondary N) is 1. The summed E-state index contributed by atoms with van der Waals surface area (Å²) >= 11 is 1.59. The average Bonchev–Trinajstić information content (AvgIpc) is 3.11. The van der Waals surface area contributed by atoms with E-state index in [4.69, 9.17) is 4.74 Å². The van der Waals surface area contributed by atoms with Gasteiger partial charge in [-0.2, -0.15) is 11.3 Å². The maximum absolute atomic E-state index is 12.0. The Hall–Kier alpha value is -2.11. The molecule has 4 nitrogen and oxygen atoms in total. The predicted molar refractivity (Wildman–Crippen MR) is 96.2 cm³/mol. The number of thiophene rings is 1. The highest BCUT2D eigenvalue weighted by Gasteiger charge is 2.34. The molecule has 0 spiro atoms. The van der Waals surface area contributed by atoms with Crippen LogP contribution in [0.1, 0.15) is 29.5 Å². The van der Waals surface area contributed by atoms with E-state index in [1.54, 1.807) is 24.5 Å². The zero-order valence-corrected chi connectivity index (χ0v) is 14.4. The Morgan fingerprint density at radius 3 is 3.08 bits per heavy atom. The molecule has 0 saturated heterocycles. The minimum atomic E-state index is -1.02. The Kier molecular flexibility index (Phi) is 5.02. The third kappa shape index (κ3) is 3.68. The third-order valence-electron chi connectivity index (χ3n) is 4.38. The molecule has 0 saturated carbocycles. The zero-order valence-electron chi connectivity index (χ0n) is 13.6. The van der Waals surface area contributed by atoms with Crippen LogP contribution < -0.4 is 10.1 Å². The summed E-state index contributed by atoms with van der Waals surface area (Å²) in [6, 6.07) is 7.68. The van der Waals surface area contributed by atoms with Crippen molar-refractivity contribution < 1.29 is 14.6 Å². The first-order valence-electron chi connectivity index (χ1n) is 7.99. The van der Waals surface area contributed by atoms with E-state index in [-0.39, 0.29) is 12.5 Å². The van der Waals surface area contributed by atoms with Crippen molar-refractivity contribution in [2.75, 3.05) is 13.7 Å². The summed E-state index contributed by atoms with van der Waals surface area (Å²) in [4.78, 5) is 12.0. The van der Waals surface area contributed by atoms with Crippen molar-refractivity contribution in [3.05, 3.63) is 57.8 Å². The zero-order chi connectivity index (χ0) is 17.0. The SMILES string of the molecule is COc1ccc2c(c1)CCCC2(O)CNC(=O)C=Cc1ccsc1. The van der Waals surface area contributed by atoms with Crippen molar-refractivity contribution >= 4 is 23.3 Å². The number of rotatable bonds is 5. The fourth-order valence-corrected chi connectivity index (χ4v) is 3.71. The van der Waals surface area contributed by atoms with Gasteiger partial charge in [0.25, 0.3) is 0 Å². The number of aryl methyl sites for hydroxylation is 1. The number of amides is 1. The van der Waals surface area contributed by atoms with Crippen molar-refractivity contribution in [1.29, 1.82) is 0 Å². The van der Waals surface area contributed by atoms with Crippen LogP contribution in [-0.4, -0.2) is 24.7 Å². The van der Waals surface area contributed by atoms with Gasteiger partial charge in [-0.05, 0) is 71.0 Å². The topological polar surface area (TPSA) is 58.6 Å². The fourth-order valence-electron chi connectivity index (χ4n) is 3.08. The number of fused-ring (bicyclic) bond motifs is 1. The van der Waals surface area contributed by atoms with E-state index in [0.29, 0.717) is 6.42 Å². The second-order valence-electron chi connectivity index (χ2n) is 6.02. The highest BCUT2D eigenvalue weighted by Crippen LogP contribution is 2.36. The number of hydrogen-bond donors (Lipinski definition) is 2. The van der Waals surface area contributed by atoms with Crippen LogP contribution in [0, 0.1) is 0 Å². The van der Waals surface area contributed by atoms with Crippen molar-refractivity contribution in [3.8, 4) is 5.75 Å². The summed E-state index contributed by atoms with van der Waals surface area (Å²) in [5.74, 6) is 0.594. The highest BCUT2D eigenvalue weighted by atomic mass is 32.1. The van der Waals surface area contributed by atoms with Gasteiger partial charge in [0.1, 0.15) is 11.4 Å². The summed E-state index contributed by atoms with van der Waals surface area (Å²) in [5, 5.41) is 17.8. The van der Waals surface area contributed by atoms with E-state index in [0.717, 1.165) is 35.3 Å². The molecule has 1 aliphatic carbocycles. The number of carbonyl (C=O) groups is 1. The predicted octanol–water partition coefficient (Wildman–Crippen LogP) is 3.11. The molecular formula is C19H21NO3S. The molecule has 0 aliphatic heterocycles. The molecule has 1 amide bonds. The molecule has 1 atom stereocenters. The largest absolute Gasteiger partial charge is 0.497 e. The van der Waals surface area contributed by atoms with Crippen molar-refractivity contribution in [1.82, 2.24) is 5.32 Å². The molecule has 2 aromatic rings. The highest BCUT2D eigenvalue weighted by molar-refractivity contribution is 7.08. The van der Waals surface area contributed by atoms with Gasteiger partial charge < -0.3 is 15.2 Å². The molecule has 0 fully saturated rings. The lowest BCUT2D eigenvalue weighted by molar-refractivity contribution is -0.118. The quantitative estimate of drug-likeness (QED) is 0.820. The Bertz CT molecular complexity index is 739. The van der Waals surface area contributed by atoms with Crippen molar-refractivity contribution in [3.63, 3.8) is 0 Å². The molecule has 1 heterocycles. The maximum Gasteiger partial charge on any atom is 0.244 e. The van der Waals surface area contributed by atoms with Gasteiger partial charge in [0.2, 0.25) is 5.91 Å². The Labute approximate surface area is 145 Å². The lowest BCUT2D eigenvalue weighted by atomic mass is 9.79. The molecule has 126 valence electrons. The first-order valence-corrected chi connectivity index (χ1v) is 8.93. The van der Waals surface area contributed by atoms with Crippen LogP contribution in [0.5, 0.6) is 5.75 Å². The van der Waals surface area contributed by atoms with Crippen LogP contribution in [-0.2, 0) is 16.8 Å². The van der Waals surface area contributed by atoms with Crippen LogP contribution in [0.15, 0.2) is 41.1 Å².